The molecule has 0 radical (unpaired) electrons. The van der Waals surface area contributed by atoms with Crippen LogP contribution < -0.4 is 10.2 Å². The van der Waals surface area contributed by atoms with Gasteiger partial charge in [-0.1, -0.05) is 54.6 Å². The van der Waals surface area contributed by atoms with Gasteiger partial charge in [-0.3, -0.25) is 14.6 Å². The second-order valence-electron chi connectivity index (χ2n) is 8.18. The molecule has 6 rings (SSSR count). The van der Waals surface area contributed by atoms with E-state index >= 15 is 0 Å². The number of anilines is 1. The Labute approximate surface area is 190 Å². The van der Waals surface area contributed by atoms with Crippen LogP contribution in [0.4, 0.5) is 5.69 Å². The summed E-state index contributed by atoms with van der Waals surface area (Å²) < 4.78 is 0. The fourth-order valence-electron chi connectivity index (χ4n) is 4.61. The Hall–Kier alpha value is -4.32. The van der Waals surface area contributed by atoms with Crippen LogP contribution in [-0.2, 0) is 11.2 Å². The number of fused-ring (bicyclic) bond motifs is 1. The zero-order valence-corrected chi connectivity index (χ0v) is 17.7. The van der Waals surface area contributed by atoms with Crippen molar-refractivity contribution in [3.63, 3.8) is 0 Å². The summed E-state index contributed by atoms with van der Waals surface area (Å²) in [7, 11) is 0. The van der Waals surface area contributed by atoms with Crippen LogP contribution in [0.2, 0.25) is 0 Å². The second kappa shape index (κ2) is 7.67. The van der Waals surface area contributed by atoms with E-state index in [0.29, 0.717) is 17.8 Å². The van der Waals surface area contributed by atoms with E-state index in [1.165, 1.54) is 0 Å². The molecule has 2 amide bonds. The smallest absolute Gasteiger partial charge is 0.272 e. The van der Waals surface area contributed by atoms with Crippen LogP contribution in [0, 0.1) is 0 Å². The number of pyridine rings is 1. The molecule has 3 aromatic carbocycles. The number of aliphatic imine (C=N–C) groups is 1. The Morgan fingerprint density at radius 2 is 1.85 bits per heavy atom. The number of nitrogens with one attached hydrogen (secondary N) is 1. The van der Waals surface area contributed by atoms with E-state index in [4.69, 9.17) is 4.99 Å². The highest BCUT2D eigenvalue weighted by Gasteiger charge is 2.37. The van der Waals surface area contributed by atoms with Gasteiger partial charge in [-0.05, 0) is 36.2 Å². The molecular formula is C27H20N4O2. The van der Waals surface area contributed by atoms with Crippen molar-refractivity contribution in [2.45, 2.75) is 12.6 Å². The van der Waals surface area contributed by atoms with Crippen molar-refractivity contribution in [1.82, 2.24) is 10.3 Å². The molecule has 4 aromatic rings. The summed E-state index contributed by atoms with van der Waals surface area (Å²) in [5.74, 6) is -0.566. The topological polar surface area (TPSA) is 74.7 Å². The molecule has 6 heteroatoms. The van der Waals surface area contributed by atoms with E-state index in [1.807, 2.05) is 54.6 Å². The number of aromatic nitrogens is 1. The van der Waals surface area contributed by atoms with Crippen LogP contribution in [-0.4, -0.2) is 35.2 Å². The SMILES string of the molecule is O=C(N[C@@H]1N=C(c2ccccc2)c2cccc3c2N(CC3)C1=O)c1ccc2ncccc2c1. The molecular weight excluding hydrogens is 412 g/mol. The van der Waals surface area contributed by atoms with Crippen LogP contribution in [0.1, 0.15) is 27.0 Å². The predicted molar refractivity (Wildman–Crippen MR) is 128 cm³/mol. The maximum absolute atomic E-state index is 13.5. The molecule has 3 heterocycles. The zero-order chi connectivity index (χ0) is 22.4. The predicted octanol–water partition coefficient (Wildman–Crippen LogP) is 3.73. The lowest BCUT2D eigenvalue weighted by Gasteiger charge is -2.21. The Morgan fingerprint density at radius 3 is 2.73 bits per heavy atom. The molecule has 0 saturated heterocycles. The molecule has 2 aliphatic rings. The van der Waals surface area contributed by atoms with Gasteiger partial charge in [-0.2, -0.15) is 0 Å². The van der Waals surface area contributed by atoms with Gasteiger partial charge in [0.25, 0.3) is 11.8 Å². The van der Waals surface area contributed by atoms with E-state index in [2.05, 4.69) is 16.4 Å². The fourth-order valence-corrected chi connectivity index (χ4v) is 4.61. The number of carbonyl (C=O) groups excluding carboxylic acids is 2. The summed E-state index contributed by atoms with van der Waals surface area (Å²) in [5.41, 5.74) is 5.82. The molecule has 33 heavy (non-hydrogen) atoms. The van der Waals surface area contributed by atoms with E-state index in [1.54, 1.807) is 29.3 Å². The molecule has 2 aliphatic heterocycles. The fraction of sp³-hybridized carbons (Fsp3) is 0.111. The maximum Gasteiger partial charge on any atom is 0.272 e. The standard InChI is InChI=1S/C27H20N4O2/c32-26(20-11-12-22-19(16-20)9-5-14-28-22)30-25-27(33)31-15-13-18-8-4-10-21(24(18)31)23(29-25)17-6-2-1-3-7-17/h1-12,14,16,25H,13,15H2,(H,30,32)/t25-/m0/s1. The normalized spacial score (nSPS) is 16.8. The Kier molecular flexibility index (Phi) is 4.50. The van der Waals surface area contributed by atoms with Gasteiger partial charge in [0.1, 0.15) is 0 Å². The maximum atomic E-state index is 13.5. The average Bonchev–Trinajstić information content (AvgIpc) is 3.26. The Bertz CT molecular complexity index is 1450. The quantitative estimate of drug-likeness (QED) is 0.536. The molecule has 0 spiro atoms. The molecule has 0 bridgehead atoms. The monoisotopic (exact) mass is 432 g/mol. The number of hydrogen-bond donors (Lipinski definition) is 1. The van der Waals surface area contributed by atoms with E-state index in [0.717, 1.165) is 39.7 Å². The number of hydrogen-bond acceptors (Lipinski definition) is 4. The molecule has 0 saturated carbocycles. The van der Waals surface area contributed by atoms with Crippen molar-refractivity contribution in [3.8, 4) is 0 Å². The van der Waals surface area contributed by atoms with Gasteiger partial charge in [-0.15, -0.1) is 0 Å². The summed E-state index contributed by atoms with van der Waals surface area (Å²) in [4.78, 5) is 37.6. The van der Waals surface area contributed by atoms with Gasteiger partial charge >= 0.3 is 0 Å². The van der Waals surface area contributed by atoms with Crippen molar-refractivity contribution in [1.29, 1.82) is 0 Å². The van der Waals surface area contributed by atoms with Gasteiger partial charge in [0, 0.05) is 34.8 Å². The summed E-state index contributed by atoms with van der Waals surface area (Å²) in [6.07, 6.45) is 1.49. The summed E-state index contributed by atoms with van der Waals surface area (Å²) in [6.45, 7) is 0.580. The number of nitrogens with zero attached hydrogens (tertiary/aromatic N) is 3. The zero-order valence-electron chi connectivity index (χ0n) is 17.7. The van der Waals surface area contributed by atoms with Crippen molar-refractivity contribution < 1.29 is 9.59 Å². The lowest BCUT2D eigenvalue weighted by atomic mass is 9.98. The minimum absolute atomic E-state index is 0.220. The molecule has 1 N–H and O–H groups in total. The number of carbonyl (C=O) groups is 2. The van der Waals surface area contributed by atoms with Crippen molar-refractivity contribution in [2.75, 3.05) is 11.4 Å². The minimum atomic E-state index is -1.02. The highest BCUT2D eigenvalue weighted by Crippen LogP contribution is 2.36. The highest BCUT2D eigenvalue weighted by atomic mass is 16.2. The van der Waals surface area contributed by atoms with Gasteiger partial charge in [0.05, 0.1) is 16.9 Å². The van der Waals surface area contributed by atoms with Gasteiger partial charge in [0.2, 0.25) is 6.17 Å². The third-order valence-electron chi connectivity index (χ3n) is 6.19. The largest absolute Gasteiger partial charge is 0.322 e. The number of rotatable bonds is 3. The molecule has 0 unspecified atom stereocenters. The van der Waals surface area contributed by atoms with Crippen LogP contribution in [0.15, 0.2) is 90.1 Å². The summed E-state index contributed by atoms with van der Waals surface area (Å²) in [6, 6.07) is 24.9. The van der Waals surface area contributed by atoms with Crippen LogP contribution in [0.5, 0.6) is 0 Å². The number of benzene rings is 3. The first kappa shape index (κ1) is 19.4. The van der Waals surface area contributed by atoms with Crippen LogP contribution in [0.25, 0.3) is 10.9 Å². The van der Waals surface area contributed by atoms with Crippen molar-refractivity contribution in [2.24, 2.45) is 4.99 Å². The van der Waals surface area contributed by atoms with Crippen LogP contribution in [0.3, 0.4) is 0 Å². The third-order valence-corrected chi connectivity index (χ3v) is 6.19. The first-order valence-electron chi connectivity index (χ1n) is 10.9. The van der Waals surface area contributed by atoms with Crippen molar-refractivity contribution in [3.05, 3.63) is 107 Å². The Balaban J connectivity index is 1.42. The first-order valence-corrected chi connectivity index (χ1v) is 10.9. The molecule has 1 aromatic heterocycles. The lowest BCUT2D eigenvalue weighted by Crippen LogP contribution is -2.46. The minimum Gasteiger partial charge on any atom is -0.322 e. The molecule has 0 fully saturated rings. The van der Waals surface area contributed by atoms with Crippen LogP contribution >= 0.6 is 0 Å². The molecule has 0 aliphatic carbocycles. The van der Waals surface area contributed by atoms with Crippen molar-refractivity contribution >= 4 is 34.1 Å². The molecule has 1 atom stereocenters. The van der Waals surface area contributed by atoms with Gasteiger partial charge in [-0.25, -0.2) is 4.99 Å². The van der Waals surface area contributed by atoms with Gasteiger partial charge < -0.3 is 10.2 Å². The number of para-hydroxylation sites is 1. The lowest BCUT2D eigenvalue weighted by molar-refractivity contribution is -0.120. The third kappa shape index (κ3) is 3.27. The highest BCUT2D eigenvalue weighted by molar-refractivity contribution is 6.21. The number of amides is 2. The average molecular weight is 432 g/mol. The van der Waals surface area contributed by atoms with E-state index in [9.17, 15) is 9.59 Å². The Morgan fingerprint density at radius 1 is 0.970 bits per heavy atom. The molecule has 160 valence electrons. The van der Waals surface area contributed by atoms with E-state index in [-0.39, 0.29) is 11.8 Å². The summed E-state index contributed by atoms with van der Waals surface area (Å²) in [5, 5.41) is 3.74. The van der Waals surface area contributed by atoms with Gasteiger partial charge in [0.15, 0.2) is 0 Å². The summed E-state index contributed by atoms with van der Waals surface area (Å²) >= 11 is 0. The second-order valence-corrected chi connectivity index (χ2v) is 8.18. The first-order chi connectivity index (χ1) is 16.2. The molecule has 6 nitrogen and oxygen atoms in total. The van der Waals surface area contributed by atoms with E-state index < -0.39 is 6.17 Å².